The predicted molar refractivity (Wildman–Crippen MR) is 115 cm³/mol. The largest absolute Gasteiger partial charge is 0.484 e. The molecule has 1 aromatic heterocycles. The van der Waals surface area contributed by atoms with E-state index in [0.717, 1.165) is 26.5 Å². The van der Waals surface area contributed by atoms with Gasteiger partial charge in [-0.1, -0.05) is 40.2 Å². The summed E-state index contributed by atoms with van der Waals surface area (Å²) in [5.74, 6) is 0.494. The third-order valence-electron chi connectivity index (χ3n) is 4.60. The van der Waals surface area contributed by atoms with E-state index in [1.807, 2.05) is 67.6 Å². The molecule has 0 aliphatic rings. The molecular weight excluding hydrogens is 432 g/mol. The van der Waals surface area contributed by atoms with Crippen molar-refractivity contribution in [2.75, 3.05) is 6.61 Å². The van der Waals surface area contributed by atoms with Crippen LogP contribution in [0.5, 0.6) is 5.75 Å². The molecule has 1 atom stereocenters. The molecule has 4 aromatic rings. The molecule has 1 amide bonds. The molecule has 29 heavy (non-hydrogen) atoms. The summed E-state index contributed by atoms with van der Waals surface area (Å²) < 4.78 is 8.38. The molecule has 6 nitrogen and oxygen atoms in total. The molecule has 0 aliphatic heterocycles. The molecule has 1 N–H and O–H groups in total. The van der Waals surface area contributed by atoms with Crippen LogP contribution in [0.3, 0.4) is 0 Å². The number of benzene rings is 3. The first kappa shape index (κ1) is 19.1. The Balaban J connectivity index is 1.34. The van der Waals surface area contributed by atoms with Gasteiger partial charge in [0.05, 0.1) is 11.7 Å². The lowest BCUT2D eigenvalue weighted by Crippen LogP contribution is -2.31. The van der Waals surface area contributed by atoms with Gasteiger partial charge in [0.15, 0.2) is 6.61 Å². The van der Waals surface area contributed by atoms with Gasteiger partial charge in [0, 0.05) is 4.47 Å². The van der Waals surface area contributed by atoms with Gasteiger partial charge >= 0.3 is 0 Å². The van der Waals surface area contributed by atoms with E-state index in [9.17, 15) is 4.79 Å². The van der Waals surface area contributed by atoms with E-state index in [2.05, 4.69) is 31.3 Å². The minimum Gasteiger partial charge on any atom is -0.484 e. The van der Waals surface area contributed by atoms with Gasteiger partial charge in [0.2, 0.25) is 0 Å². The Bertz CT molecular complexity index is 1130. The smallest absolute Gasteiger partial charge is 0.258 e. The van der Waals surface area contributed by atoms with Crippen LogP contribution in [0.2, 0.25) is 0 Å². The van der Waals surface area contributed by atoms with Gasteiger partial charge in [-0.3, -0.25) is 4.79 Å². The number of carbonyl (C=O) groups excluding carboxylic acids is 1. The van der Waals surface area contributed by atoms with E-state index < -0.39 is 0 Å². The predicted octanol–water partition coefficient (Wildman–Crippen LogP) is 4.44. The van der Waals surface area contributed by atoms with Crippen LogP contribution in [0, 0.1) is 0 Å². The Morgan fingerprint density at radius 3 is 2.62 bits per heavy atom. The van der Waals surface area contributed by atoms with Crippen molar-refractivity contribution in [1.29, 1.82) is 0 Å². The van der Waals surface area contributed by atoms with Gasteiger partial charge < -0.3 is 10.1 Å². The van der Waals surface area contributed by atoms with Crippen LogP contribution in [0.25, 0.3) is 16.5 Å². The molecule has 0 fully saturated rings. The molecule has 3 aromatic carbocycles. The molecule has 1 heterocycles. The van der Waals surface area contributed by atoms with Crippen LogP contribution in [0.15, 0.2) is 77.8 Å². The Labute approximate surface area is 176 Å². The third kappa shape index (κ3) is 4.63. The molecule has 0 saturated carbocycles. The Hall–Kier alpha value is -3.19. The zero-order chi connectivity index (χ0) is 20.2. The highest BCUT2D eigenvalue weighted by molar-refractivity contribution is 9.10. The standard InChI is InChI=1S/C22H19BrN4O2/c1-15(16-3-7-20(8-4-16)27-14-24-13-25-27)26-22(28)12-29-21-9-5-17-10-19(23)6-2-18(17)11-21/h2-11,13-15H,12H2,1H3,(H,26,28). The van der Waals surface area contributed by atoms with Crippen molar-refractivity contribution in [1.82, 2.24) is 20.1 Å². The summed E-state index contributed by atoms with van der Waals surface area (Å²) in [5, 5.41) is 9.24. The summed E-state index contributed by atoms with van der Waals surface area (Å²) in [6.45, 7) is 1.90. The number of ether oxygens (including phenoxy) is 1. The second kappa shape index (κ2) is 8.45. The second-order valence-electron chi connectivity index (χ2n) is 6.66. The number of rotatable bonds is 6. The molecule has 0 radical (unpaired) electrons. The molecule has 0 aliphatic carbocycles. The fraction of sp³-hybridized carbons (Fsp3) is 0.136. The van der Waals surface area contributed by atoms with Crippen molar-refractivity contribution in [3.05, 3.63) is 83.4 Å². The van der Waals surface area contributed by atoms with E-state index >= 15 is 0 Å². The van der Waals surface area contributed by atoms with E-state index in [1.54, 1.807) is 11.0 Å². The summed E-state index contributed by atoms with van der Waals surface area (Å²) in [4.78, 5) is 16.2. The lowest BCUT2D eigenvalue weighted by molar-refractivity contribution is -0.123. The van der Waals surface area contributed by atoms with Crippen LogP contribution in [0.4, 0.5) is 0 Å². The van der Waals surface area contributed by atoms with Crippen molar-refractivity contribution < 1.29 is 9.53 Å². The molecule has 0 spiro atoms. The maximum absolute atomic E-state index is 12.3. The molecule has 4 rings (SSSR count). The third-order valence-corrected chi connectivity index (χ3v) is 5.09. The Morgan fingerprint density at radius 2 is 1.86 bits per heavy atom. The van der Waals surface area contributed by atoms with Crippen LogP contribution < -0.4 is 10.1 Å². The fourth-order valence-corrected chi connectivity index (χ4v) is 3.44. The highest BCUT2D eigenvalue weighted by Gasteiger charge is 2.11. The van der Waals surface area contributed by atoms with Crippen LogP contribution in [-0.4, -0.2) is 27.3 Å². The quantitative estimate of drug-likeness (QED) is 0.471. The monoisotopic (exact) mass is 450 g/mol. The van der Waals surface area contributed by atoms with Gasteiger partial charge in [-0.05, 0) is 59.7 Å². The Morgan fingerprint density at radius 1 is 1.10 bits per heavy atom. The number of aromatic nitrogens is 3. The summed E-state index contributed by atoms with van der Waals surface area (Å²) in [7, 11) is 0. The van der Waals surface area contributed by atoms with E-state index in [1.165, 1.54) is 6.33 Å². The van der Waals surface area contributed by atoms with Crippen molar-refractivity contribution in [3.8, 4) is 11.4 Å². The number of hydrogen-bond donors (Lipinski definition) is 1. The SMILES string of the molecule is CC(NC(=O)COc1ccc2cc(Br)ccc2c1)c1ccc(-n2cncn2)cc1. The van der Waals surface area contributed by atoms with Gasteiger partial charge in [-0.2, -0.15) is 5.10 Å². The minimum atomic E-state index is -0.172. The first-order valence-electron chi connectivity index (χ1n) is 9.15. The van der Waals surface area contributed by atoms with Crippen molar-refractivity contribution in [2.24, 2.45) is 0 Å². The maximum atomic E-state index is 12.3. The molecular formula is C22H19BrN4O2. The number of hydrogen-bond acceptors (Lipinski definition) is 4. The topological polar surface area (TPSA) is 69.0 Å². The van der Waals surface area contributed by atoms with Crippen LogP contribution in [-0.2, 0) is 4.79 Å². The summed E-state index contributed by atoms with van der Waals surface area (Å²) in [5.41, 5.74) is 1.91. The highest BCUT2D eigenvalue weighted by atomic mass is 79.9. The number of nitrogens with one attached hydrogen (secondary N) is 1. The first-order valence-corrected chi connectivity index (χ1v) is 9.94. The van der Waals surface area contributed by atoms with E-state index in [-0.39, 0.29) is 18.6 Å². The first-order chi connectivity index (χ1) is 14.1. The molecule has 146 valence electrons. The van der Waals surface area contributed by atoms with E-state index in [0.29, 0.717) is 5.75 Å². The maximum Gasteiger partial charge on any atom is 0.258 e. The fourth-order valence-electron chi connectivity index (χ4n) is 3.06. The highest BCUT2D eigenvalue weighted by Crippen LogP contribution is 2.24. The summed E-state index contributed by atoms with van der Waals surface area (Å²) in [6, 6.07) is 19.5. The minimum absolute atomic E-state index is 0.0383. The molecule has 0 saturated heterocycles. The average Bonchev–Trinajstić information content (AvgIpc) is 3.27. The molecule has 7 heteroatoms. The van der Waals surface area contributed by atoms with E-state index in [4.69, 9.17) is 4.74 Å². The lowest BCUT2D eigenvalue weighted by atomic mass is 10.1. The number of halogens is 1. The number of amides is 1. The number of nitrogens with zero attached hydrogens (tertiary/aromatic N) is 3. The zero-order valence-corrected chi connectivity index (χ0v) is 17.3. The molecule has 0 bridgehead atoms. The lowest BCUT2D eigenvalue weighted by Gasteiger charge is -2.15. The van der Waals surface area contributed by atoms with Gasteiger partial charge in [-0.15, -0.1) is 0 Å². The van der Waals surface area contributed by atoms with Gasteiger partial charge in [0.25, 0.3) is 5.91 Å². The Kier molecular flexibility index (Phi) is 5.57. The summed E-state index contributed by atoms with van der Waals surface area (Å²) >= 11 is 3.47. The van der Waals surface area contributed by atoms with Crippen molar-refractivity contribution in [2.45, 2.75) is 13.0 Å². The second-order valence-corrected chi connectivity index (χ2v) is 7.58. The van der Waals surface area contributed by atoms with Crippen molar-refractivity contribution in [3.63, 3.8) is 0 Å². The van der Waals surface area contributed by atoms with Crippen LogP contribution in [0.1, 0.15) is 18.5 Å². The zero-order valence-electron chi connectivity index (χ0n) is 15.7. The average molecular weight is 451 g/mol. The van der Waals surface area contributed by atoms with Crippen molar-refractivity contribution >= 4 is 32.6 Å². The van der Waals surface area contributed by atoms with Gasteiger partial charge in [0.1, 0.15) is 18.4 Å². The summed E-state index contributed by atoms with van der Waals surface area (Å²) in [6.07, 6.45) is 3.13. The van der Waals surface area contributed by atoms with Crippen LogP contribution >= 0.6 is 15.9 Å². The number of fused-ring (bicyclic) bond motifs is 1. The normalized spacial score (nSPS) is 11.9. The van der Waals surface area contributed by atoms with Gasteiger partial charge in [-0.25, -0.2) is 9.67 Å². The molecule has 1 unspecified atom stereocenters. The number of carbonyl (C=O) groups is 1.